The molecule has 11 rings (SSSR count). The summed E-state index contributed by atoms with van der Waals surface area (Å²) in [4.78, 5) is 25.3. The van der Waals surface area contributed by atoms with E-state index in [4.69, 9.17) is 134 Å². The molecule has 17 nitrogen and oxygen atoms in total. The standard InChI is InChI=1S/C15H13Cl2NO4.2C15H11Cl2NO3.C13H7Cl2NO3.HI.H2/c1-21-8-3-4-10(11(16)5-8)15(20)18-14-12(17)6-9(22-2)7-13(14)19;2*1-19-8-3-4-10(11(16)5-8)15-18-14-12(17)6-9(20-2)7-13(14)21-15;14-9-3-6(17)1-2-8(9)13-16-12-10(15)4-7(18)5-11(12)19-13;;/h3-7,19H,1-2H3,(H,18,20);2*3-7H,1-2H3;1-5,17-18H;2*1H. The van der Waals surface area contributed by atoms with Crippen molar-refractivity contribution in [2.45, 2.75) is 0 Å². The van der Waals surface area contributed by atoms with Gasteiger partial charge < -0.3 is 62.3 Å². The molecule has 0 unspecified atom stereocenters. The smallest absolute Gasteiger partial charge is 0.257 e. The van der Waals surface area contributed by atoms with Crippen molar-refractivity contribution in [1.29, 1.82) is 0 Å². The van der Waals surface area contributed by atoms with Crippen LogP contribution in [0.4, 0.5) is 5.69 Å². The molecule has 0 atom stereocenters. The van der Waals surface area contributed by atoms with E-state index in [1.54, 1.807) is 101 Å². The Bertz CT molecular complexity index is 4050. The molecular formula is C58H45Cl8IN4O13. The van der Waals surface area contributed by atoms with E-state index in [1.165, 1.54) is 62.8 Å². The number of benzene rings is 8. The predicted octanol–water partition coefficient (Wildman–Crippen LogP) is 18.7. The number of carbonyl (C=O) groups is 1. The Kier molecular flexibility index (Phi) is 22.0. The second kappa shape index (κ2) is 28.6. The van der Waals surface area contributed by atoms with E-state index in [1.807, 2.05) is 0 Å². The number of nitrogens with one attached hydrogen (secondary N) is 1. The van der Waals surface area contributed by atoms with Crippen molar-refractivity contribution in [1.82, 2.24) is 15.0 Å². The highest BCUT2D eigenvalue weighted by Crippen LogP contribution is 2.41. The van der Waals surface area contributed by atoms with Crippen LogP contribution in [0, 0.1) is 0 Å². The van der Waals surface area contributed by atoms with Crippen molar-refractivity contribution < 1.29 is 63.2 Å². The molecular weight excluding hydrogens is 1370 g/mol. The highest BCUT2D eigenvalue weighted by molar-refractivity contribution is 14.0. The summed E-state index contributed by atoms with van der Waals surface area (Å²) < 4.78 is 47.5. The van der Waals surface area contributed by atoms with Gasteiger partial charge in [0.15, 0.2) is 16.7 Å². The van der Waals surface area contributed by atoms with Gasteiger partial charge in [-0.1, -0.05) is 92.8 Å². The fourth-order valence-electron chi connectivity index (χ4n) is 7.55. The normalized spacial score (nSPS) is 10.6. The molecule has 4 N–H and O–H groups in total. The second-order valence-corrected chi connectivity index (χ2v) is 20.2. The SMILES string of the molecule is COc1ccc(-c2nc3c(Cl)cc(OC)cc3o2)c(Cl)c1.COc1ccc(-c2nc3c(Cl)cc(OC)cc3o2)c(Cl)c1.COc1ccc(C(=O)Nc2c(O)cc(OC)cc2Cl)c(Cl)c1.I.Oc1ccc(-c2nc3c(Cl)cc(O)cc3o2)c(Cl)c1.[HH]. The Morgan fingerprint density at radius 3 is 1.15 bits per heavy atom. The van der Waals surface area contributed by atoms with E-state index >= 15 is 0 Å². The molecule has 0 saturated carbocycles. The molecule has 0 radical (unpaired) electrons. The lowest BCUT2D eigenvalue weighted by molar-refractivity contribution is 0.102. The summed E-state index contributed by atoms with van der Waals surface area (Å²) in [6.07, 6.45) is 0. The van der Waals surface area contributed by atoms with Gasteiger partial charge in [0.05, 0.1) is 105 Å². The van der Waals surface area contributed by atoms with Gasteiger partial charge in [-0.2, -0.15) is 0 Å². The van der Waals surface area contributed by atoms with Crippen molar-refractivity contribution >= 4 is 162 Å². The Morgan fingerprint density at radius 1 is 0.405 bits per heavy atom. The topological polar surface area (TPSA) is 223 Å². The lowest BCUT2D eigenvalue weighted by Gasteiger charge is -2.12. The maximum absolute atomic E-state index is 12.3. The Hall–Kier alpha value is -7.11. The van der Waals surface area contributed by atoms with Crippen molar-refractivity contribution in [3.63, 3.8) is 0 Å². The first-order valence-corrected chi connectivity index (χ1v) is 26.7. The molecule has 3 heterocycles. The van der Waals surface area contributed by atoms with Crippen LogP contribution in [0.2, 0.25) is 40.2 Å². The van der Waals surface area contributed by atoms with Crippen LogP contribution in [0.3, 0.4) is 0 Å². The molecule has 0 fully saturated rings. The number of oxazole rings is 3. The zero-order valence-electron chi connectivity index (χ0n) is 44.2. The van der Waals surface area contributed by atoms with Crippen molar-refractivity contribution in [3.8, 4) is 86.1 Å². The summed E-state index contributed by atoms with van der Waals surface area (Å²) in [5.41, 5.74) is 5.22. The Balaban J connectivity index is 0.000000180. The van der Waals surface area contributed by atoms with Gasteiger partial charge in [0.2, 0.25) is 17.7 Å². The number of phenols is 3. The Labute approximate surface area is 536 Å². The maximum Gasteiger partial charge on any atom is 0.257 e. The fraction of sp³-hybridized carbons (Fsp3) is 0.103. The van der Waals surface area contributed by atoms with Gasteiger partial charge in [-0.05, 0) is 72.8 Å². The number of ether oxygens (including phenoxy) is 6. The summed E-state index contributed by atoms with van der Waals surface area (Å²) in [5, 5.41) is 34.1. The lowest BCUT2D eigenvalue weighted by atomic mass is 10.2. The van der Waals surface area contributed by atoms with Gasteiger partial charge in [0.25, 0.3) is 5.91 Å². The number of phenolic OH excluding ortho intramolecular Hbond substituents is 3. The van der Waals surface area contributed by atoms with Gasteiger partial charge in [0.1, 0.15) is 74.0 Å². The van der Waals surface area contributed by atoms with Crippen LogP contribution < -0.4 is 33.7 Å². The summed E-state index contributed by atoms with van der Waals surface area (Å²) >= 11 is 48.9. The van der Waals surface area contributed by atoms with Gasteiger partial charge in [0, 0.05) is 50.0 Å². The molecule has 11 aromatic rings. The number of rotatable bonds is 11. The van der Waals surface area contributed by atoms with Crippen LogP contribution in [0.1, 0.15) is 11.8 Å². The quantitative estimate of drug-likeness (QED) is 0.0698. The average molecular weight is 1420 g/mol. The number of anilines is 1. The summed E-state index contributed by atoms with van der Waals surface area (Å²) in [6, 6.07) is 32.1. The van der Waals surface area contributed by atoms with Crippen LogP contribution in [-0.4, -0.2) is 78.8 Å². The summed E-state index contributed by atoms with van der Waals surface area (Å²) in [5.74, 6) is 3.86. The van der Waals surface area contributed by atoms with Gasteiger partial charge in [-0.25, -0.2) is 15.0 Å². The van der Waals surface area contributed by atoms with Gasteiger partial charge in [-0.15, -0.1) is 24.0 Å². The fourth-order valence-corrected chi connectivity index (χ4v) is 9.55. The third kappa shape index (κ3) is 15.0. The molecule has 0 saturated heterocycles. The largest absolute Gasteiger partial charge is 0.508 e. The zero-order valence-corrected chi connectivity index (χ0v) is 52.6. The molecule has 1 amide bonds. The van der Waals surface area contributed by atoms with Crippen LogP contribution in [0.5, 0.6) is 51.7 Å². The molecule has 0 aliphatic heterocycles. The summed E-state index contributed by atoms with van der Waals surface area (Å²) in [7, 11) is 9.24. The minimum Gasteiger partial charge on any atom is -0.508 e. The van der Waals surface area contributed by atoms with E-state index in [0.717, 1.165) is 0 Å². The van der Waals surface area contributed by atoms with E-state index in [9.17, 15) is 20.1 Å². The lowest BCUT2D eigenvalue weighted by Crippen LogP contribution is -2.13. The first-order valence-electron chi connectivity index (χ1n) is 23.7. The molecule has 0 bridgehead atoms. The highest BCUT2D eigenvalue weighted by Gasteiger charge is 2.20. The second-order valence-electron chi connectivity index (χ2n) is 16.9. The molecule has 3 aromatic heterocycles. The number of amides is 1. The third-order valence-corrected chi connectivity index (χ3v) is 14.1. The monoisotopic (exact) mass is 1410 g/mol. The van der Waals surface area contributed by atoms with Crippen molar-refractivity contribution in [2.24, 2.45) is 0 Å². The minimum absolute atomic E-state index is 0. The number of fused-ring (bicyclic) bond motifs is 3. The number of aromatic nitrogens is 3. The number of methoxy groups -OCH3 is 6. The molecule has 8 aromatic carbocycles. The zero-order chi connectivity index (χ0) is 59.8. The molecule has 84 heavy (non-hydrogen) atoms. The first kappa shape index (κ1) is 64.5. The van der Waals surface area contributed by atoms with Gasteiger partial charge >= 0.3 is 0 Å². The van der Waals surface area contributed by atoms with Gasteiger partial charge in [-0.3, -0.25) is 4.79 Å². The number of halogens is 9. The molecule has 0 spiro atoms. The molecule has 438 valence electrons. The van der Waals surface area contributed by atoms with Crippen LogP contribution in [0.15, 0.2) is 135 Å². The molecule has 0 aliphatic rings. The minimum atomic E-state index is -0.505. The van der Waals surface area contributed by atoms with Crippen molar-refractivity contribution in [3.05, 3.63) is 167 Å². The van der Waals surface area contributed by atoms with E-state index < -0.39 is 5.91 Å². The van der Waals surface area contributed by atoms with Crippen molar-refractivity contribution in [2.75, 3.05) is 48.0 Å². The van der Waals surface area contributed by atoms with Crippen LogP contribution in [-0.2, 0) is 0 Å². The Morgan fingerprint density at radius 2 is 0.750 bits per heavy atom. The molecule has 26 heteroatoms. The predicted molar refractivity (Wildman–Crippen MR) is 341 cm³/mol. The molecule has 0 aliphatic carbocycles. The summed E-state index contributed by atoms with van der Waals surface area (Å²) in [6.45, 7) is 0. The number of hydrogen-bond donors (Lipinski definition) is 4. The maximum atomic E-state index is 12.3. The average Bonchev–Trinajstić information content (AvgIpc) is 3.14. The van der Waals surface area contributed by atoms with Crippen LogP contribution >= 0.6 is 117 Å². The number of hydrogen-bond acceptors (Lipinski definition) is 16. The number of nitrogens with zero attached hydrogens (tertiary/aromatic N) is 3. The third-order valence-electron chi connectivity index (χ3n) is 11.7. The first-order chi connectivity index (χ1) is 39.7. The van der Waals surface area contributed by atoms with E-state index in [2.05, 4.69) is 20.3 Å². The van der Waals surface area contributed by atoms with Crippen LogP contribution in [0.25, 0.3) is 67.7 Å². The number of carbonyl (C=O) groups excluding carboxylic acids is 1. The van der Waals surface area contributed by atoms with E-state index in [0.29, 0.717) is 126 Å². The highest BCUT2D eigenvalue weighted by atomic mass is 127. The van der Waals surface area contributed by atoms with E-state index in [-0.39, 0.29) is 69.8 Å². The number of aromatic hydroxyl groups is 3.